The van der Waals surface area contributed by atoms with Crippen LogP contribution in [0.5, 0.6) is 0 Å². The number of aldehydes is 1. The predicted molar refractivity (Wildman–Crippen MR) is 128 cm³/mol. The fourth-order valence-electron chi connectivity index (χ4n) is 4.09. The van der Waals surface area contributed by atoms with Crippen LogP contribution in [0.2, 0.25) is 0 Å². The molecule has 1 aliphatic heterocycles. The molecule has 4 atom stereocenters. The Morgan fingerprint density at radius 3 is 2.20 bits per heavy atom. The molecular formula is C24H40N4O7. The first-order valence-corrected chi connectivity index (χ1v) is 12.1. The van der Waals surface area contributed by atoms with Crippen LogP contribution in [0.4, 0.5) is 0 Å². The van der Waals surface area contributed by atoms with Crippen molar-refractivity contribution in [2.24, 2.45) is 11.8 Å². The van der Waals surface area contributed by atoms with Gasteiger partial charge in [-0.3, -0.25) is 19.2 Å². The van der Waals surface area contributed by atoms with Gasteiger partial charge in [-0.25, -0.2) is 4.79 Å². The zero-order valence-electron chi connectivity index (χ0n) is 21.6. The highest BCUT2D eigenvalue weighted by Gasteiger charge is 2.40. The van der Waals surface area contributed by atoms with Gasteiger partial charge in [-0.2, -0.15) is 0 Å². The third-order valence-electron chi connectivity index (χ3n) is 5.85. The lowest BCUT2D eigenvalue weighted by Gasteiger charge is -2.32. The maximum Gasteiger partial charge on any atom is 0.328 e. The second kappa shape index (κ2) is 14.4. The van der Waals surface area contributed by atoms with Crippen molar-refractivity contribution in [2.75, 3.05) is 13.7 Å². The summed E-state index contributed by atoms with van der Waals surface area (Å²) >= 11 is 0. The van der Waals surface area contributed by atoms with Crippen molar-refractivity contribution >= 4 is 35.9 Å². The molecule has 0 spiro atoms. The summed E-state index contributed by atoms with van der Waals surface area (Å²) < 4.78 is 4.81. The Morgan fingerprint density at radius 1 is 1.03 bits per heavy atom. The Morgan fingerprint density at radius 2 is 1.69 bits per heavy atom. The van der Waals surface area contributed by atoms with E-state index in [1.165, 1.54) is 18.9 Å². The summed E-state index contributed by atoms with van der Waals surface area (Å²) in [6.07, 6.45) is 2.26. The van der Waals surface area contributed by atoms with Gasteiger partial charge in [0.15, 0.2) is 0 Å². The Balaban J connectivity index is 3.01. The molecule has 1 rings (SSSR count). The minimum Gasteiger partial charge on any atom is -0.467 e. The number of carbonyl (C=O) groups excluding carboxylic acids is 6. The summed E-state index contributed by atoms with van der Waals surface area (Å²) in [5.41, 5.74) is 0. The summed E-state index contributed by atoms with van der Waals surface area (Å²) in [6, 6.07) is -3.49. The molecule has 0 aromatic rings. The van der Waals surface area contributed by atoms with Gasteiger partial charge in [0.1, 0.15) is 30.5 Å². The fourth-order valence-corrected chi connectivity index (χ4v) is 4.09. The van der Waals surface area contributed by atoms with Crippen LogP contribution < -0.4 is 16.0 Å². The molecule has 0 saturated carbocycles. The van der Waals surface area contributed by atoms with Gasteiger partial charge in [0.05, 0.1) is 7.11 Å². The number of carbonyl (C=O) groups is 6. The molecule has 0 radical (unpaired) electrons. The van der Waals surface area contributed by atoms with E-state index in [1.807, 2.05) is 13.8 Å². The maximum atomic E-state index is 13.4. The van der Waals surface area contributed by atoms with Crippen molar-refractivity contribution in [3.63, 3.8) is 0 Å². The molecule has 0 unspecified atom stereocenters. The summed E-state index contributed by atoms with van der Waals surface area (Å²) in [6.45, 7) is 8.98. The van der Waals surface area contributed by atoms with Gasteiger partial charge in [0.25, 0.3) is 0 Å². The van der Waals surface area contributed by atoms with E-state index in [0.29, 0.717) is 32.1 Å². The van der Waals surface area contributed by atoms with Crippen molar-refractivity contribution in [1.82, 2.24) is 20.9 Å². The number of esters is 1. The molecule has 11 nitrogen and oxygen atoms in total. The molecule has 1 fully saturated rings. The lowest BCUT2D eigenvalue weighted by Crippen LogP contribution is -2.58. The molecule has 11 heteroatoms. The minimum atomic E-state index is -0.957. The molecule has 35 heavy (non-hydrogen) atoms. The van der Waals surface area contributed by atoms with Crippen LogP contribution in [0.1, 0.15) is 66.7 Å². The van der Waals surface area contributed by atoms with Crippen molar-refractivity contribution < 1.29 is 33.5 Å². The van der Waals surface area contributed by atoms with Crippen LogP contribution in [0.25, 0.3) is 0 Å². The van der Waals surface area contributed by atoms with E-state index in [4.69, 9.17) is 4.74 Å². The predicted octanol–water partition coefficient (Wildman–Crippen LogP) is 0.306. The highest BCUT2D eigenvalue weighted by atomic mass is 16.5. The minimum absolute atomic E-state index is 0.0742. The van der Waals surface area contributed by atoms with Gasteiger partial charge in [0, 0.05) is 19.9 Å². The first-order chi connectivity index (χ1) is 16.4. The molecule has 1 aliphatic rings. The molecule has 198 valence electrons. The molecule has 0 aromatic heterocycles. The van der Waals surface area contributed by atoms with E-state index in [1.54, 1.807) is 13.8 Å². The zero-order valence-corrected chi connectivity index (χ0v) is 21.6. The van der Waals surface area contributed by atoms with Crippen LogP contribution in [0.15, 0.2) is 0 Å². The SMILES string of the molecule is COC(=O)[C@H](CC(C)C)NC(=O)[C@@H]1CCCN1C(=O)[C@@H](NC(=O)[C@H](CCC=O)NC(C)=O)C(C)C. The second-order valence-corrected chi connectivity index (χ2v) is 9.63. The van der Waals surface area contributed by atoms with Crippen LogP contribution in [0, 0.1) is 11.8 Å². The van der Waals surface area contributed by atoms with Gasteiger partial charge in [-0.15, -0.1) is 0 Å². The number of methoxy groups -OCH3 is 1. The average Bonchev–Trinajstić information content (AvgIpc) is 3.28. The quantitative estimate of drug-likeness (QED) is 0.245. The van der Waals surface area contributed by atoms with Gasteiger partial charge in [-0.05, 0) is 37.5 Å². The van der Waals surface area contributed by atoms with Gasteiger partial charge in [0.2, 0.25) is 23.6 Å². The number of nitrogens with one attached hydrogen (secondary N) is 3. The molecule has 4 amide bonds. The summed E-state index contributed by atoms with van der Waals surface area (Å²) in [5.74, 6) is -2.57. The fraction of sp³-hybridized carbons (Fsp3) is 0.750. The van der Waals surface area contributed by atoms with Crippen molar-refractivity contribution in [3.05, 3.63) is 0 Å². The number of nitrogens with zero attached hydrogens (tertiary/aromatic N) is 1. The van der Waals surface area contributed by atoms with E-state index in [0.717, 1.165) is 0 Å². The molecule has 0 aromatic carbocycles. The number of hydrogen-bond donors (Lipinski definition) is 3. The molecule has 1 saturated heterocycles. The molecule has 3 N–H and O–H groups in total. The highest BCUT2D eigenvalue weighted by Crippen LogP contribution is 2.21. The molecule has 1 heterocycles. The van der Waals surface area contributed by atoms with Crippen molar-refractivity contribution in [2.45, 2.75) is 90.9 Å². The van der Waals surface area contributed by atoms with Crippen LogP contribution >= 0.6 is 0 Å². The lowest BCUT2D eigenvalue weighted by atomic mass is 10.0. The third-order valence-corrected chi connectivity index (χ3v) is 5.85. The highest BCUT2D eigenvalue weighted by molar-refractivity contribution is 5.95. The number of amides is 4. The normalized spacial score (nSPS) is 17.9. The smallest absolute Gasteiger partial charge is 0.328 e. The van der Waals surface area contributed by atoms with E-state index in [2.05, 4.69) is 16.0 Å². The summed E-state index contributed by atoms with van der Waals surface area (Å²) in [5, 5.41) is 7.92. The molecule has 0 bridgehead atoms. The summed E-state index contributed by atoms with van der Waals surface area (Å²) in [4.78, 5) is 75.2. The first-order valence-electron chi connectivity index (χ1n) is 12.1. The third kappa shape index (κ3) is 9.29. The van der Waals surface area contributed by atoms with E-state index in [-0.39, 0.29) is 24.7 Å². The largest absolute Gasteiger partial charge is 0.467 e. The summed E-state index contributed by atoms with van der Waals surface area (Å²) in [7, 11) is 1.26. The van der Waals surface area contributed by atoms with Crippen LogP contribution in [-0.4, -0.2) is 78.6 Å². The van der Waals surface area contributed by atoms with Crippen LogP contribution in [-0.2, 0) is 33.5 Å². The lowest BCUT2D eigenvalue weighted by molar-refractivity contribution is -0.147. The second-order valence-electron chi connectivity index (χ2n) is 9.63. The standard InChI is InChI=1S/C24H40N4O7/c1-14(2)13-18(24(34)35-6)26-22(32)19-10-7-11-28(19)23(33)20(15(3)4)27-21(31)17(9-8-12-29)25-16(5)30/h12,14-15,17-20H,7-11,13H2,1-6H3,(H,25,30)(H,26,32)(H,27,31)/t17-,18-,19-,20-/m0/s1. The zero-order chi connectivity index (χ0) is 26.7. The van der Waals surface area contributed by atoms with Crippen molar-refractivity contribution in [1.29, 1.82) is 0 Å². The van der Waals surface area contributed by atoms with Crippen molar-refractivity contribution in [3.8, 4) is 0 Å². The maximum absolute atomic E-state index is 13.4. The van der Waals surface area contributed by atoms with E-state index in [9.17, 15) is 28.8 Å². The van der Waals surface area contributed by atoms with Gasteiger partial charge < -0.3 is 30.4 Å². The van der Waals surface area contributed by atoms with Gasteiger partial charge >= 0.3 is 5.97 Å². The number of rotatable bonds is 13. The number of likely N-dealkylation sites (tertiary alicyclic amines) is 1. The Kier molecular flexibility index (Phi) is 12.4. The first kappa shape index (κ1) is 30.1. The average molecular weight is 497 g/mol. The van der Waals surface area contributed by atoms with E-state index < -0.39 is 53.8 Å². The Labute approximate surface area is 207 Å². The van der Waals surface area contributed by atoms with E-state index >= 15 is 0 Å². The number of ether oxygens (including phenoxy) is 1. The Bertz CT molecular complexity index is 784. The number of hydrogen-bond acceptors (Lipinski definition) is 7. The molecular weight excluding hydrogens is 456 g/mol. The topological polar surface area (TPSA) is 151 Å². The Hall–Kier alpha value is -2.98. The van der Waals surface area contributed by atoms with Crippen LogP contribution in [0.3, 0.4) is 0 Å². The molecule has 0 aliphatic carbocycles. The van der Waals surface area contributed by atoms with Gasteiger partial charge in [-0.1, -0.05) is 27.7 Å². The monoisotopic (exact) mass is 496 g/mol.